The Balaban J connectivity index is 2.13. The average molecular weight is 157 g/mol. The second kappa shape index (κ2) is 3.83. The monoisotopic (exact) mass is 157 g/mol. The van der Waals surface area contributed by atoms with Crippen molar-refractivity contribution in [2.24, 2.45) is 0 Å². The van der Waals surface area contributed by atoms with Crippen LogP contribution in [-0.2, 0) is 4.79 Å². The van der Waals surface area contributed by atoms with Crippen LogP contribution in [0.1, 0.15) is 19.8 Å². The number of aliphatic hydroxyl groups is 1. The largest absolute Gasteiger partial charge is 0.393 e. The third-order valence-electron chi connectivity index (χ3n) is 1.97. The zero-order valence-electron chi connectivity index (χ0n) is 6.92. The van der Waals surface area contributed by atoms with E-state index in [2.05, 4.69) is 4.90 Å². The predicted molar refractivity (Wildman–Crippen MR) is 42.4 cm³/mol. The van der Waals surface area contributed by atoms with Crippen LogP contribution in [0.4, 0.5) is 0 Å². The van der Waals surface area contributed by atoms with Crippen molar-refractivity contribution in [2.45, 2.75) is 25.9 Å². The van der Waals surface area contributed by atoms with Crippen LogP contribution in [-0.4, -0.2) is 41.5 Å². The van der Waals surface area contributed by atoms with Crippen LogP contribution in [0.25, 0.3) is 0 Å². The first-order valence-electron chi connectivity index (χ1n) is 4.10. The fraction of sp³-hybridized carbons (Fsp3) is 0.875. The van der Waals surface area contributed by atoms with E-state index in [4.69, 9.17) is 5.11 Å². The lowest BCUT2D eigenvalue weighted by molar-refractivity contribution is -0.116. The van der Waals surface area contributed by atoms with Gasteiger partial charge in [0.15, 0.2) is 0 Å². The lowest BCUT2D eigenvalue weighted by atomic mass is 10.3. The van der Waals surface area contributed by atoms with E-state index in [0.29, 0.717) is 18.7 Å². The Kier molecular flexibility index (Phi) is 3.02. The van der Waals surface area contributed by atoms with Crippen molar-refractivity contribution >= 4 is 5.78 Å². The Bertz CT molecular complexity index is 145. The number of carbonyl (C=O) groups is 1. The molecule has 0 amide bonds. The Hall–Kier alpha value is -0.410. The van der Waals surface area contributed by atoms with Gasteiger partial charge in [0.05, 0.1) is 12.6 Å². The molecule has 0 spiro atoms. The lowest BCUT2D eigenvalue weighted by Gasteiger charge is -2.13. The third-order valence-corrected chi connectivity index (χ3v) is 1.97. The summed E-state index contributed by atoms with van der Waals surface area (Å²) in [5.41, 5.74) is 0. The molecule has 1 atom stereocenters. The first-order valence-corrected chi connectivity index (χ1v) is 4.10. The fourth-order valence-electron chi connectivity index (χ4n) is 1.25. The van der Waals surface area contributed by atoms with E-state index in [1.807, 2.05) is 0 Å². The average Bonchev–Trinajstić information content (AvgIpc) is 2.31. The molecule has 1 aliphatic heterocycles. The standard InChI is InChI=1S/C8H15NO2/c1-7(10)2-4-9-5-3-8(11)6-9/h7,10H,2-6H2,1H3. The summed E-state index contributed by atoms with van der Waals surface area (Å²) in [6, 6.07) is 0. The van der Waals surface area contributed by atoms with Crippen molar-refractivity contribution in [3.05, 3.63) is 0 Å². The summed E-state index contributed by atoms with van der Waals surface area (Å²) in [5.74, 6) is 0.329. The van der Waals surface area contributed by atoms with Crippen molar-refractivity contribution in [2.75, 3.05) is 19.6 Å². The van der Waals surface area contributed by atoms with E-state index in [0.717, 1.165) is 19.5 Å². The molecule has 3 nitrogen and oxygen atoms in total. The van der Waals surface area contributed by atoms with E-state index in [-0.39, 0.29) is 6.10 Å². The first-order chi connectivity index (χ1) is 5.18. The van der Waals surface area contributed by atoms with Crippen molar-refractivity contribution in [3.8, 4) is 0 Å². The number of hydrogen-bond acceptors (Lipinski definition) is 3. The molecule has 0 aliphatic carbocycles. The van der Waals surface area contributed by atoms with Gasteiger partial charge in [-0.2, -0.15) is 0 Å². The van der Waals surface area contributed by atoms with Gasteiger partial charge in [0.2, 0.25) is 0 Å². The van der Waals surface area contributed by atoms with Gasteiger partial charge in [-0.3, -0.25) is 9.69 Å². The van der Waals surface area contributed by atoms with Crippen LogP contribution in [0.2, 0.25) is 0 Å². The second-order valence-electron chi connectivity index (χ2n) is 3.20. The van der Waals surface area contributed by atoms with Gasteiger partial charge in [-0.05, 0) is 13.3 Å². The SMILES string of the molecule is CC(O)CCN1CCC(=O)C1. The molecule has 1 unspecified atom stereocenters. The molecule has 0 aromatic carbocycles. The number of nitrogens with zero attached hydrogens (tertiary/aromatic N) is 1. The zero-order valence-corrected chi connectivity index (χ0v) is 6.92. The molecule has 11 heavy (non-hydrogen) atoms. The zero-order chi connectivity index (χ0) is 8.27. The summed E-state index contributed by atoms with van der Waals surface area (Å²) in [6.45, 7) is 4.10. The lowest BCUT2D eigenvalue weighted by Crippen LogP contribution is -2.24. The Morgan fingerprint density at radius 2 is 2.45 bits per heavy atom. The molecule has 0 saturated carbocycles. The van der Waals surface area contributed by atoms with Crippen molar-refractivity contribution in [1.82, 2.24) is 4.90 Å². The number of ketones is 1. The molecule has 1 saturated heterocycles. The Morgan fingerprint density at radius 3 is 2.91 bits per heavy atom. The summed E-state index contributed by atoms with van der Waals surface area (Å²) in [7, 11) is 0. The maximum Gasteiger partial charge on any atom is 0.148 e. The molecule has 0 bridgehead atoms. The molecule has 64 valence electrons. The van der Waals surface area contributed by atoms with Gasteiger partial charge in [-0.15, -0.1) is 0 Å². The third kappa shape index (κ3) is 2.99. The normalized spacial score (nSPS) is 22.5. The van der Waals surface area contributed by atoms with Crippen LogP contribution in [0.3, 0.4) is 0 Å². The number of rotatable bonds is 3. The molecule has 0 radical (unpaired) electrons. The molecule has 1 N–H and O–H groups in total. The number of hydrogen-bond donors (Lipinski definition) is 1. The van der Waals surface area contributed by atoms with E-state index >= 15 is 0 Å². The highest BCUT2D eigenvalue weighted by Crippen LogP contribution is 2.05. The number of likely N-dealkylation sites (tertiary alicyclic amines) is 1. The number of carbonyl (C=O) groups excluding carboxylic acids is 1. The highest BCUT2D eigenvalue weighted by molar-refractivity contribution is 5.82. The van der Waals surface area contributed by atoms with Gasteiger partial charge in [0.1, 0.15) is 5.78 Å². The summed E-state index contributed by atoms with van der Waals surface area (Å²) < 4.78 is 0. The molecule has 0 aromatic rings. The molecule has 0 aromatic heterocycles. The van der Waals surface area contributed by atoms with Gasteiger partial charge < -0.3 is 5.11 Å². The van der Waals surface area contributed by atoms with Gasteiger partial charge in [-0.1, -0.05) is 0 Å². The topological polar surface area (TPSA) is 40.5 Å². The van der Waals surface area contributed by atoms with Crippen LogP contribution in [0.5, 0.6) is 0 Å². The first kappa shape index (κ1) is 8.68. The van der Waals surface area contributed by atoms with Crippen molar-refractivity contribution in [3.63, 3.8) is 0 Å². The van der Waals surface area contributed by atoms with Crippen LogP contribution < -0.4 is 0 Å². The molecule has 1 rings (SSSR count). The number of Topliss-reactive ketones (excluding diaryl/α,β-unsaturated/α-hetero) is 1. The highest BCUT2D eigenvalue weighted by atomic mass is 16.3. The van der Waals surface area contributed by atoms with E-state index < -0.39 is 0 Å². The minimum Gasteiger partial charge on any atom is -0.393 e. The minimum absolute atomic E-state index is 0.245. The Labute approximate surface area is 67.0 Å². The molecule has 1 heterocycles. The number of aliphatic hydroxyl groups excluding tert-OH is 1. The smallest absolute Gasteiger partial charge is 0.148 e. The summed E-state index contributed by atoms with van der Waals surface area (Å²) in [6.07, 6.45) is 1.22. The fourth-order valence-corrected chi connectivity index (χ4v) is 1.25. The van der Waals surface area contributed by atoms with Crippen LogP contribution in [0, 0.1) is 0 Å². The van der Waals surface area contributed by atoms with Crippen LogP contribution >= 0.6 is 0 Å². The van der Waals surface area contributed by atoms with E-state index in [1.165, 1.54) is 0 Å². The quantitative estimate of drug-likeness (QED) is 0.628. The molecular formula is C8H15NO2. The molecule has 3 heteroatoms. The van der Waals surface area contributed by atoms with Crippen LogP contribution in [0.15, 0.2) is 0 Å². The van der Waals surface area contributed by atoms with Gasteiger partial charge in [0.25, 0.3) is 0 Å². The van der Waals surface area contributed by atoms with Crippen molar-refractivity contribution in [1.29, 1.82) is 0 Å². The maximum atomic E-state index is 10.8. The van der Waals surface area contributed by atoms with Gasteiger partial charge in [0, 0.05) is 19.5 Å². The second-order valence-corrected chi connectivity index (χ2v) is 3.20. The van der Waals surface area contributed by atoms with E-state index in [9.17, 15) is 4.79 Å². The van der Waals surface area contributed by atoms with Gasteiger partial charge >= 0.3 is 0 Å². The van der Waals surface area contributed by atoms with Crippen molar-refractivity contribution < 1.29 is 9.90 Å². The molecule has 1 fully saturated rings. The van der Waals surface area contributed by atoms with Gasteiger partial charge in [-0.25, -0.2) is 0 Å². The highest BCUT2D eigenvalue weighted by Gasteiger charge is 2.18. The molecular weight excluding hydrogens is 142 g/mol. The minimum atomic E-state index is -0.245. The van der Waals surface area contributed by atoms with E-state index in [1.54, 1.807) is 6.92 Å². The maximum absolute atomic E-state index is 10.8. The summed E-state index contributed by atoms with van der Waals surface area (Å²) in [5, 5.41) is 8.97. The molecule has 1 aliphatic rings. The Morgan fingerprint density at radius 1 is 1.73 bits per heavy atom. The predicted octanol–water partition coefficient (Wildman–Crippen LogP) is 0.0321. The summed E-state index contributed by atoms with van der Waals surface area (Å²) >= 11 is 0. The summed E-state index contributed by atoms with van der Waals surface area (Å²) in [4.78, 5) is 12.9.